The summed E-state index contributed by atoms with van der Waals surface area (Å²) in [6.07, 6.45) is 5.55. The Morgan fingerprint density at radius 3 is 2.36 bits per heavy atom. The molecule has 0 radical (unpaired) electrons. The smallest absolute Gasteiger partial charge is 0.227 e. The molecule has 0 unspecified atom stereocenters. The molecule has 1 aliphatic rings. The number of carbonyl (C=O) groups is 1. The molecule has 0 bridgehead atoms. The van der Waals surface area contributed by atoms with Gasteiger partial charge in [-0.3, -0.25) is 9.78 Å². The highest BCUT2D eigenvalue weighted by Gasteiger charge is 2.33. The SMILES string of the molecule is CC(C)(C)C(=O)N1CCC(c2nc(-c3ccccn3)ncc2S(C)(=O)=O)CC1. The van der Waals surface area contributed by atoms with Gasteiger partial charge in [-0.1, -0.05) is 26.8 Å². The van der Waals surface area contributed by atoms with Crippen molar-refractivity contribution in [3.8, 4) is 11.5 Å². The predicted octanol–water partition coefficient (Wildman–Crippen LogP) is 2.69. The number of carbonyl (C=O) groups excluding carboxylic acids is 1. The summed E-state index contributed by atoms with van der Waals surface area (Å²) >= 11 is 0. The molecule has 0 saturated carbocycles. The average molecular weight is 403 g/mol. The van der Waals surface area contributed by atoms with E-state index in [-0.39, 0.29) is 16.7 Å². The molecule has 3 heterocycles. The Morgan fingerprint density at radius 2 is 1.82 bits per heavy atom. The summed E-state index contributed by atoms with van der Waals surface area (Å²) in [4.78, 5) is 27.6. The Labute approximate surface area is 166 Å². The van der Waals surface area contributed by atoms with Crippen molar-refractivity contribution in [2.75, 3.05) is 19.3 Å². The zero-order chi connectivity index (χ0) is 20.5. The molecule has 0 aliphatic carbocycles. The first-order chi connectivity index (χ1) is 13.1. The first-order valence-electron chi connectivity index (χ1n) is 9.35. The molecule has 28 heavy (non-hydrogen) atoms. The van der Waals surface area contributed by atoms with Crippen LogP contribution in [0.1, 0.15) is 45.2 Å². The normalized spacial score (nSPS) is 16.2. The molecular weight excluding hydrogens is 376 g/mol. The van der Waals surface area contributed by atoms with Gasteiger partial charge in [-0.05, 0) is 25.0 Å². The maximum Gasteiger partial charge on any atom is 0.227 e. The molecule has 0 aromatic carbocycles. The lowest BCUT2D eigenvalue weighted by Crippen LogP contribution is -2.44. The second-order valence-corrected chi connectivity index (χ2v) is 10.2. The van der Waals surface area contributed by atoms with Crippen LogP contribution >= 0.6 is 0 Å². The van der Waals surface area contributed by atoms with Crippen LogP contribution in [0.4, 0.5) is 0 Å². The second kappa shape index (κ2) is 7.58. The fourth-order valence-electron chi connectivity index (χ4n) is 3.41. The van der Waals surface area contributed by atoms with E-state index in [1.165, 1.54) is 12.5 Å². The van der Waals surface area contributed by atoms with E-state index in [4.69, 9.17) is 0 Å². The molecule has 1 saturated heterocycles. The van der Waals surface area contributed by atoms with Gasteiger partial charge in [0.1, 0.15) is 10.6 Å². The van der Waals surface area contributed by atoms with Crippen LogP contribution in [0.5, 0.6) is 0 Å². The number of likely N-dealkylation sites (tertiary alicyclic amines) is 1. The van der Waals surface area contributed by atoms with Gasteiger partial charge in [0.25, 0.3) is 0 Å². The molecule has 3 rings (SSSR count). The van der Waals surface area contributed by atoms with Crippen LogP contribution in [0.15, 0.2) is 35.5 Å². The van der Waals surface area contributed by atoms with E-state index in [0.717, 1.165) is 0 Å². The molecule has 8 heteroatoms. The van der Waals surface area contributed by atoms with Crippen LogP contribution in [-0.4, -0.2) is 53.5 Å². The third-order valence-corrected chi connectivity index (χ3v) is 6.00. The molecule has 1 fully saturated rings. The molecule has 0 N–H and O–H groups in total. The molecule has 1 aliphatic heterocycles. The van der Waals surface area contributed by atoms with E-state index >= 15 is 0 Å². The number of pyridine rings is 1. The fraction of sp³-hybridized carbons (Fsp3) is 0.500. The third-order valence-electron chi connectivity index (χ3n) is 4.89. The van der Waals surface area contributed by atoms with Crippen LogP contribution in [0.2, 0.25) is 0 Å². The van der Waals surface area contributed by atoms with Crippen LogP contribution in [0.3, 0.4) is 0 Å². The topological polar surface area (TPSA) is 93.1 Å². The Bertz CT molecular complexity index is 961. The monoisotopic (exact) mass is 402 g/mol. The van der Waals surface area contributed by atoms with E-state index in [2.05, 4.69) is 15.0 Å². The van der Waals surface area contributed by atoms with Crippen molar-refractivity contribution < 1.29 is 13.2 Å². The van der Waals surface area contributed by atoms with Gasteiger partial charge in [-0.25, -0.2) is 18.4 Å². The minimum absolute atomic E-state index is 0.0424. The van der Waals surface area contributed by atoms with Crippen LogP contribution in [-0.2, 0) is 14.6 Å². The lowest BCUT2D eigenvalue weighted by atomic mass is 9.89. The Kier molecular flexibility index (Phi) is 5.52. The highest BCUT2D eigenvalue weighted by molar-refractivity contribution is 7.90. The van der Waals surface area contributed by atoms with Crippen LogP contribution in [0.25, 0.3) is 11.5 Å². The van der Waals surface area contributed by atoms with E-state index in [1.54, 1.807) is 18.3 Å². The van der Waals surface area contributed by atoms with Crippen molar-refractivity contribution in [2.24, 2.45) is 5.41 Å². The highest BCUT2D eigenvalue weighted by Crippen LogP contribution is 2.33. The van der Waals surface area contributed by atoms with Crippen molar-refractivity contribution >= 4 is 15.7 Å². The summed E-state index contributed by atoms with van der Waals surface area (Å²) < 4.78 is 24.6. The fourth-order valence-corrected chi connectivity index (χ4v) is 4.25. The molecule has 2 aromatic rings. The first kappa shape index (κ1) is 20.4. The van der Waals surface area contributed by atoms with Gasteiger partial charge in [0.15, 0.2) is 15.7 Å². The third kappa shape index (κ3) is 4.38. The van der Waals surface area contributed by atoms with Crippen LogP contribution in [0, 0.1) is 5.41 Å². The Balaban J connectivity index is 1.91. The first-order valence-corrected chi connectivity index (χ1v) is 11.2. The minimum atomic E-state index is -3.46. The molecule has 0 spiro atoms. The summed E-state index contributed by atoms with van der Waals surface area (Å²) in [5, 5.41) is 0. The summed E-state index contributed by atoms with van der Waals surface area (Å²) in [5.74, 6) is 0.488. The zero-order valence-electron chi connectivity index (χ0n) is 16.7. The van der Waals surface area contributed by atoms with Crippen molar-refractivity contribution in [2.45, 2.75) is 44.4 Å². The predicted molar refractivity (Wildman–Crippen MR) is 106 cm³/mol. The second-order valence-electron chi connectivity index (χ2n) is 8.25. The van der Waals surface area contributed by atoms with E-state index in [0.29, 0.717) is 43.1 Å². The summed E-state index contributed by atoms with van der Waals surface area (Å²) in [7, 11) is -3.46. The van der Waals surface area contributed by atoms with Crippen molar-refractivity contribution in [3.05, 3.63) is 36.3 Å². The number of amides is 1. The van der Waals surface area contributed by atoms with Gasteiger partial charge in [-0.15, -0.1) is 0 Å². The molecule has 0 atom stereocenters. The molecule has 7 nitrogen and oxygen atoms in total. The standard InChI is InChI=1S/C20H26N4O3S/c1-20(2,3)19(25)24-11-8-14(9-12-24)17-16(28(4,26)27)13-22-18(23-17)15-7-5-6-10-21-15/h5-7,10,13-14H,8-9,11-12H2,1-4H3. The number of aromatic nitrogens is 3. The number of sulfone groups is 1. The zero-order valence-corrected chi connectivity index (χ0v) is 17.5. The number of piperidine rings is 1. The summed E-state index contributed by atoms with van der Waals surface area (Å²) in [6, 6.07) is 5.44. The van der Waals surface area contributed by atoms with Crippen molar-refractivity contribution in [3.63, 3.8) is 0 Å². The Hall–Kier alpha value is -2.35. The summed E-state index contributed by atoms with van der Waals surface area (Å²) in [6.45, 7) is 6.91. The van der Waals surface area contributed by atoms with Gasteiger partial charge in [0.2, 0.25) is 5.91 Å². The van der Waals surface area contributed by atoms with Gasteiger partial charge in [0, 0.05) is 43.1 Å². The highest BCUT2D eigenvalue weighted by atomic mass is 32.2. The molecular formula is C20H26N4O3S. The number of hydrogen-bond acceptors (Lipinski definition) is 6. The maximum atomic E-state index is 12.5. The Morgan fingerprint density at radius 1 is 1.14 bits per heavy atom. The molecule has 1 amide bonds. The molecule has 2 aromatic heterocycles. The van der Waals surface area contributed by atoms with Gasteiger partial charge in [0.05, 0.1) is 5.69 Å². The largest absolute Gasteiger partial charge is 0.342 e. The quantitative estimate of drug-likeness (QED) is 0.784. The van der Waals surface area contributed by atoms with E-state index < -0.39 is 15.3 Å². The van der Waals surface area contributed by atoms with Gasteiger partial charge in [-0.2, -0.15) is 0 Å². The minimum Gasteiger partial charge on any atom is -0.342 e. The molecule has 150 valence electrons. The number of hydrogen-bond donors (Lipinski definition) is 0. The van der Waals surface area contributed by atoms with E-state index in [9.17, 15) is 13.2 Å². The lowest BCUT2D eigenvalue weighted by Gasteiger charge is -2.35. The van der Waals surface area contributed by atoms with Crippen molar-refractivity contribution in [1.29, 1.82) is 0 Å². The van der Waals surface area contributed by atoms with Crippen molar-refractivity contribution in [1.82, 2.24) is 19.9 Å². The lowest BCUT2D eigenvalue weighted by molar-refractivity contribution is -0.140. The van der Waals surface area contributed by atoms with Gasteiger partial charge >= 0.3 is 0 Å². The van der Waals surface area contributed by atoms with Gasteiger partial charge < -0.3 is 4.90 Å². The van der Waals surface area contributed by atoms with Crippen LogP contribution < -0.4 is 0 Å². The average Bonchev–Trinajstić information content (AvgIpc) is 2.66. The maximum absolute atomic E-state index is 12.5. The van der Waals surface area contributed by atoms with E-state index in [1.807, 2.05) is 31.7 Å². The number of rotatable bonds is 3. The number of nitrogens with zero attached hydrogens (tertiary/aromatic N) is 4. The summed E-state index contributed by atoms with van der Waals surface area (Å²) in [5.41, 5.74) is 0.705.